The number of carbonyl (C=O) groups is 2. The number of anilines is 1. The van der Waals surface area contributed by atoms with Crippen molar-refractivity contribution in [3.8, 4) is 6.07 Å². The quantitative estimate of drug-likeness (QED) is 0.839. The van der Waals surface area contributed by atoms with Gasteiger partial charge in [0.25, 0.3) is 0 Å². The molecule has 1 aliphatic rings. The van der Waals surface area contributed by atoms with Crippen molar-refractivity contribution in [2.45, 2.75) is 13.0 Å². The monoisotopic (exact) mass is 319 g/mol. The van der Waals surface area contributed by atoms with Gasteiger partial charge in [-0.25, -0.2) is 9.18 Å². The average molecular weight is 319 g/mol. The van der Waals surface area contributed by atoms with Crippen LogP contribution in [0.2, 0.25) is 0 Å². The van der Waals surface area contributed by atoms with Gasteiger partial charge in [0.2, 0.25) is 5.91 Å². The number of rotatable bonds is 3. The SMILES string of the molecule is CC(C(=O)NC(N)=O)N1CCN(c2cccc(F)c2C#N)CC1. The Labute approximate surface area is 133 Å². The molecule has 2 rings (SSSR count). The number of nitrogens with zero attached hydrogens (tertiary/aromatic N) is 3. The lowest BCUT2D eigenvalue weighted by Crippen LogP contribution is -2.55. The second kappa shape index (κ2) is 7.07. The van der Waals surface area contributed by atoms with Gasteiger partial charge in [-0.3, -0.25) is 15.0 Å². The number of imide groups is 1. The molecule has 1 unspecified atom stereocenters. The van der Waals surface area contributed by atoms with E-state index in [2.05, 4.69) is 5.32 Å². The van der Waals surface area contributed by atoms with Gasteiger partial charge in [-0.15, -0.1) is 0 Å². The maximum atomic E-state index is 13.7. The van der Waals surface area contributed by atoms with Crippen molar-refractivity contribution in [3.05, 3.63) is 29.6 Å². The molecule has 1 fully saturated rings. The Morgan fingerprint density at radius 2 is 2.00 bits per heavy atom. The van der Waals surface area contributed by atoms with E-state index >= 15 is 0 Å². The van der Waals surface area contributed by atoms with Crippen LogP contribution in [0, 0.1) is 17.1 Å². The zero-order valence-corrected chi connectivity index (χ0v) is 12.8. The molecule has 0 saturated carbocycles. The van der Waals surface area contributed by atoms with Crippen LogP contribution in [0.5, 0.6) is 0 Å². The molecule has 0 spiro atoms. The van der Waals surface area contributed by atoms with E-state index < -0.39 is 23.8 Å². The summed E-state index contributed by atoms with van der Waals surface area (Å²) in [5.41, 5.74) is 5.53. The zero-order valence-electron chi connectivity index (χ0n) is 12.8. The van der Waals surface area contributed by atoms with E-state index in [1.54, 1.807) is 19.1 Å². The van der Waals surface area contributed by atoms with E-state index in [-0.39, 0.29) is 5.56 Å². The molecule has 0 aromatic heterocycles. The number of urea groups is 1. The molecule has 0 radical (unpaired) electrons. The fourth-order valence-corrected chi connectivity index (χ4v) is 2.63. The normalized spacial score (nSPS) is 16.5. The van der Waals surface area contributed by atoms with E-state index in [0.29, 0.717) is 31.9 Å². The topological polar surface area (TPSA) is 102 Å². The Kier molecular flexibility index (Phi) is 5.13. The summed E-state index contributed by atoms with van der Waals surface area (Å²) in [6.07, 6.45) is 0. The molecule has 1 heterocycles. The van der Waals surface area contributed by atoms with Crippen molar-refractivity contribution in [2.75, 3.05) is 31.1 Å². The zero-order chi connectivity index (χ0) is 17.0. The molecular formula is C15H18FN5O2. The third-order valence-electron chi connectivity index (χ3n) is 3.93. The van der Waals surface area contributed by atoms with Crippen LogP contribution in [0.15, 0.2) is 18.2 Å². The van der Waals surface area contributed by atoms with Gasteiger partial charge in [0, 0.05) is 26.2 Å². The summed E-state index contributed by atoms with van der Waals surface area (Å²) in [6, 6.07) is 5.06. The Morgan fingerprint density at radius 3 is 2.57 bits per heavy atom. The predicted molar refractivity (Wildman–Crippen MR) is 82.1 cm³/mol. The molecule has 1 atom stereocenters. The average Bonchev–Trinajstić information content (AvgIpc) is 2.53. The molecule has 8 heteroatoms. The number of halogens is 1. The third-order valence-corrected chi connectivity index (χ3v) is 3.93. The van der Waals surface area contributed by atoms with E-state index in [4.69, 9.17) is 11.0 Å². The summed E-state index contributed by atoms with van der Waals surface area (Å²) in [7, 11) is 0. The van der Waals surface area contributed by atoms with Gasteiger partial charge >= 0.3 is 6.03 Å². The fourth-order valence-electron chi connectivity index (χ4n) is 2.63. The summed E-state index contributed by atoms with van der Waals surface area (Å²) < 4.78 is 13.7. The number of benzene rings is 1. The Bertz CT molecular complexity index is 650. The summed E-state index contributed by atoms with van der Waals surface area (Å²) in [5, 5.41) is 11.2. The van der Waals surface area contributed by atoms with Crippen LogP contribution in [0.25, 0.3) is 0 Å². The number of hydrogen-bond acceptors (Lipinski definition) is 5. The van der Waals surface area contributed by atoms with Crippen molar-refractivity contribution in [1.29, 1.82) is 5.26 Å². The number of primary amides is 1. The lowest BCUT2D eigenvalue weighted by atomic mass is 10.1. The molecule has 1 aromatic carbocycles. The number of nitriles is 1. The summed E-state index contributed by atoms with van der Waals surface area (Å²) in [5.74, 6) is -0.990. The fraction of sp³-hybridized carbons (Fsp3) is 0.400. The third kappa shape index (κ3) is 3.76. The van der Waals surface area contributed by atoms with Crippen LogP contribution < -0.4 is 16.0 Å². The maximum absolute atomic E-state index is 13.7. The molecule has 1 saturated heterocycles. The Hall–Kier alpha value is -2.66. The molecule has 122 valence electrons. The number of hydrogen-bond donors (Lipinski definition) is 2. The van der Waals surface area contributed by atoms with Crippen molar-refractivity contribution in [3.63, 3.8) is 0 Å². The number of carbonyl (C=O) groups excluding carboxylic acids is 2. The number of nitrogens with one attached hydrogen (secondary N) is 1. The van der Waals surface area contributed by atoms with Crippen molar-refractivity contribution in [1.82, 2.24) is 10.2 Å². The number of amides is 3. The standard InChI is InChI=1S/C15H18FN5O2/c1-10(14(22)19-15(18)23)20-5-7-21(8-6-20)13-4-2-3-12(16)11(13)9-17/h2-4,10H,5-8H2,1H3,(H3,18,19,22,23). The summed E-state index contributed by atoms with van der Waals surface area (Å²) >= 11 is 0. The smallest absolute Gasteiger partial charge is 0.318 e. The molecule has 1 aromatic rings. The van der Waals surface area contributed by atoms with Crippen LogP contribution in [-0.4, -0.2) is 49.1 Å². The van der Waals surface area contributed by atoms with Crippen molar-refractivity contribution >= 4 is 17.6 Å². The highest BCUT2D eigenvalue weighted by Gasteiger charge is 2.27. The van der Waals surface area contributed by atoms with Gasteiger partial charge < -0.3 is 10.6 Å². The predicted octanol–water partition coefficient (Wildman–Crippen LogP) is 0.403. The number of piperazine rings is 1. The maximum Gasteiger partial charge on any atom is 0.318 e. The lowest BCUT2D eigenvalue weighted by Gasteiger charge is -2.38. The van der Waals surface area contributed by atoms with Crippen LogP contribution in [0.1, 0.15) is 12.5 Å². The molecular weight excluding hydrogens is 301 g/mol. The van der Waals surface area contributed by atoms with E-state index in [1.165, 1.54) is 6.07 Å². The second-order valence-electron chi connectivity index (χ2n) is 5.30. The molecule has 3 N–H and O–H groups in total. The van der Waals surface area contributed by atoms with Crippen LogP contribution in [0.3, 0.4) is 0 Å². The van der Waals surface area contributed by atoms with E-state index in [0.717, 1.165) is 0 Å². The van der Waals surface area contributed by atoms with Crippen LogP contribution in [0.4, 0.5) is 14.9 Å². The molecule has 0 bridgehead atoms. The first-order chi connectivity index (χ1) is 10.9. The van der Waals surface area contributed by atoms with Gasteiger partial charge in [-0.1, -0.05) is 6.07 Å². The minimum absolute atomic E-state index is 0.0282. The van der Waals surface area contributed by atoms with Crippen LogP contribution in [-0.2, 0) is 4.79 Å². The first kappa shape index (κ1) is 16.7. The largest absolute Gasteiger partial charge is 0.368 e. The van der Waals surface area contributed by atoms with Gasteiger partial charge in [-0.05, 0) is 19.1 Å². The Balaban J connectivity index is 2.02. The highest BCUT2D eigenvalue weighted by molar-refractivity contribution is 5.96. The molecule has 1 aliphatic heterocycles. The second-order valence-corrected chi connectivity index (χ2v) is 5.30. The van der Waals surface area contributed by atoms with Gasteiger partial charge in [0.05, 0.1) is 11.7 Å². The van der Waals surface area contributed by atoms with Crippen molar-refractivity contribution < 1.29 is 14.0 Å². The van der Waals surface area contributed by atoms with Crippen molar-refractivity contribution in [2.24, 2.45) is 5.73 Å². The summed E-state index contributed by atoms with van der Waals surface area (Å²) in [4.78, 5) is 26.3. The van der Waals surface area contributed by atoms with E-state index in [1.807, 2.05) is 15.9 Å². The van der Waals surface area contributed by atoms with E-state index in [9.17, 15) is 14.0 Å². The highest BCUT2D eigenvalue weighted by atomic mass is 19.1. The lowest BCUT2D eigenvalue weighted by molar-refractivity contribution is -0.124. The molecule has 7 nitrogen and oxygen atoms in total. The molecule has 0 aliphatic carbocycles. The highest BCUT2D eigenvalue weighted by Crippen LogP contribution is 2.24. The molecule has 3 amide bonds. The first-order valence-corrected chi connectivity index (χ1v) is 7.22. The number of nitrogens with two attached hydrogens (primary N) is 1. The van der Waals surface area contributed by atoms with Gasteiger partial charge in [0.1, 0.15) is 17.4 Å². The minimum atomic E-state index is -0.876. The first-order valence-electron chi connectivity index (χ1n) is 7.22. The van der Waals surface area contributed by atoms with Crippen LogP contribution >= 0.6 is 0 Å². The molecule has 23 heavy (non-hydrogen) atoms. The van der Waals surface area contributed by atoms with Gasteiger partial charge in [-0.2, -0.15) is 5.26 Å². The Morgan fingerprint density at radius 1 is 1.35 bits per heavy atom. The minimum Gasteiger partial charge on any atom is -0.368 e. The van der Waals surface area contributed by atoms with Gasteiger partial charge in [0.15, 0.2) is 0 Å². The summed E-state index contributed by atoms with van der Waals surface area (Å²) in [6.45, 7) is 3.89.